The fraction of sp³-hybridized carbons (Fsp3) is 0.389. The van der Waals surface area contributed by atoms with Crippen LogP contribution in [-0.4, -0.2) is 26.6 Å². The lowest BCUT2D eigenvalue weighted by Gasteiger charge is -2.19. The van der Waals surface area contributed by atoms with Gasteiger partial charge in [0.05, 0.1) is 11.4 Å². The summed E-state index contributed by atoms with van der Waals surface area (Å²) in [5.41, 5.74) is 2.52. The highest BCUT2D eigenvalue weighted by Gasteiger charge is 2.34. The number of hydrogen-bond acceptors (Lipinski definition) is 3. The molecule has 1 aliphatic rings. The standard InChI is InChI=1S/C18H20Cl2N4O/c1-3-4-5-16-21-17(18(20)22-16)15-10-14(23-24(15)11(2)25)12-6-8-13(19)9-7-12/h6-9,15H,3-5,10H2,1-2H3,(H,21,22). The first-order chi connectivity index (χ1) is 12.0. The van der Waals surface area contributed by atoms with E-state index in [2.05, 4.69) is 22.0 Å². The summed E-state index contributed by atoms with van der Waals surface area (Å²) < 4.78 is 0. The maximum Gasteiger partial charge on any atom is 0.240 e. The summed E-state index contributed by atoms with van der Waals surface area (Å²) in [6.07, 6.45) is 3.54. The Hall–Kier alpha value is -1.85. The number of hydrazone groups is 1. The van der Waals surface area contributed by atoms with Crippen molar-refractivity contribution in [1.29, 1.82) is 0 Å². The van der Waals surface area contributed by atoms with Crippen LogP contribution in [0.25, 0.3) is 0 Å². The summed E-state index contributed by atoms with van der Waals surface area (Å²) >= 11 is 12.3. The van der Waals surface area contributed by atoms with Gasteiger partial charge in [-0.15, -0.1) is 0 Å². The lowest BCUT2D eigenvalue weighted by atomic mass is 10.0. The van der Waals surface area contributed by atoms with Gasteiger partial charge in [0.25, 0.3) is 0 Å². The van der Waals surface area contributed by atoms with Crippen LogP contribution in [0.15, 0.2) is 29.4 Å². The predicted molar refractivity (Wildman–Crippen MR) is 100 cm³/mol. The van der Waals surface area contributed by atoms with Gasteiger partial charge in [-0.05, 0) is 24.1 Å². The van der Waals surface area contributed by atoms with Crippen molar-refractivity contribution in [3.8, 4) is 0 Å². The van der Waals surface area contributed by atoms with Gasteiger partial charge < -0.3 is 4.98 Å². The average Bonchev–Trinajstić information content (AvgIpc) is 3.17. The Bertz CT molecular complexity index is 798. The second-order valence-corrected chi connectivity index (χ2v) is 6.92. The van der Waals surface area contributed by atoms with Crippen LogP contribution in [0.2, 0.25) is 10.2 Å². The number of unbranched alkanes of at least 4 members (excludes halogenated alkanes) is 1. The molecule has 0 saturated heterocycles. The smallest absolute Gasteiger partial charge is 0.240 e. The van der Waals surface area contributed by atoms with E-state index in [0.717, 1.165) is 42.1 Å². The van der Waals surface area contributed by atoms with E-state index in [9.17, 15) is 4.79 Å². The zero-order chi connectivity index (χ0) is 18.0. The van der Waals surface area contributed by atoms with Crippen LogP contribution < -0.4 is 0 Å². The van der Waals surface area contributed by atoms with Crippen molar-refractivity contribution in [3.63, 3.8) is 0 Å². The molecule has 1 atom stereocenters. The van der Waals surface area contributed by atoms with E-state index >= 15 is 0 Å². The predicted octanol–water partition coefficient (Wildman–Crippen LogP) is 4.76. The number of aromatic nitrogens is 2. The number of rotatable bonds is 5. The van der Waals surface area contributed by atoms with Crippen LogP contribution in [0.1, 0.15) is 56.2 Å². The molecule has 132 valence electrons. The Labute approximate surface area is 157 Å². The summed E-state index contributed by atoms with van der Waals surface area (Å²) in [4.78, 5) is 19.8. The zero-order valence-corrected chi connectivity index (χ0v) is 15.7. The summed E-state index contributed by atoms with van der Waals surface area (Å²) in [7, 11) is 0. The van der Waals surface area contributed by atoms with Gasteiger partial charge in [-0.3, -0.25) is 4.79 Å². The van der Waals surface area contributed by atoms with Gasteiger partial charge in [-0.2, -0.15) is 5.10 Å². The number of nitrogens with zero attached hydrogens (tertiary/aromatic N) is 3. The molecule has 5 nitrogen and oxygen atoms in total. The number of carbonyl (C=O) groups excluding carboxylic acids is 1. The molecule has 0 aliphatic carbocycles. The van der Waals surface area contributed by atoms with Gasteiger partial charge in [-0.1, -0.05) is 48.7 Å². The van der Waals surface area contributed by atoms with Gasteiger partial charge in [0, 0.05) is 24.8 Å². The van der Waals surface area contributed by atoms with Crippen LogP contribution >= 0.6 is 23.2 Å². The molecule has 3 rings (SSSR count). The monoisotopic (exact) mass is 378 g/mol. The Morgan fingerprint density at radius 2 is 2.04 bits per heavy atom. The maximum atomic E-state index is 12.1. The second kappa shape index (κ2) is 7.58. The molecule has 25 heavy (non-hydrogen) atoms. The highest BCUT2D eigenvalue weighted by molar-refractivity contribution is 6.30. The third-order valence-electron chi connectivity index (χ3n) is 4.25. The highest BCUT2D eigenvalue weighted by Crippen LogP contribution is 2.35. The van der Waals surface area contributed by atoms with Crippen LogP contribution in [0.4, 0.5) is 0 Å². The van der Waals surface area contributed by atoms with Crippen molar-refractivity contribution in [2.24, 2.45) is 5.10 Å². The molecule has 1 aliphatic heterocycles. The van der Waals surface area contributed by atoms with Gasteiger partial charge in [-0.25, -0.2) is 9.99 Å². The molecule has 0 saturated carbocycles. The molecular formula is C18H20Cl2N4O. The van der Waals surface area contributed by atoms with Crippen LogP contribution in [-0.2, 0) is 11.2 Å². The number of halogens is 2. The first-order valence-corrected chi connectivity index (χ1v) is 9.12. The number of aryl methyl sites for hydroxylation is 1. The molecule has 0 fully saturated rings. The van der Waals surface area contributed by atoms with Crippen LogP contribution in [0.3, 0.4) is 0 Å². The molecular weight excluding hydrogens is 359 g/mol. The van der Waals surface area contributed by atoms with Crippen molar-refractivity contribution in [2.45, 2.75) is 45.6 Å². The first-order valence-electron chi connectivity index (χ1n) is 8.37. The fourth-order valence-corrected chi connectivity index (χ4v) is 3.34. The summed E-state index contributed by atoms with van der Waals surface area (Å²) in [5, 5.41) is 7.07. The minimum Gasteiger partial charge on any atom is -0.343 e. The average molecular weight is 379 g/mol. The lowest BCUT2D eigenvalue weighted by Crippen LogP contribution is -2.24. The number of carbonyl (C=O) groups is 1. The number of imidazole rings is 1. The van der Waals surface area contributed by atoms with E-state index in [1.54, 1.807) is 0 Å². The summed E-state index contributed by atoms with van der Waals surface area (Å²) in [6.45, 7) is 3.63. The molecule has 2 heterocycles. The second-order valence-electron chi connectivity index (χ2n) is 6.13. The minimum atomic E-state index is -0.265. The van der Waals surface area contributed by atoms with Crippen molar-refractivity contribution < 1.29 is 4.79 Å². The normalized spacial score (nSPS) is 17.0. The largest absolute Gasteiger partial charge is 0.343 e. The van der Waals surface area contributed by atoms with Crippen LogP contribution in [0, 0.1) is 0 Å². The van der Waals surface area contributed by atoms with Gasteiger partial charge in [0.2, 0.25) is 5.91 Å². The Balaban J connectivity index is 1.88. The molecule has 1 N–H and O–H groups in total. The number of aromatic amines is 1. The number of amides is 1. The summed E-state index contributed by atoms with van der Waals surface area (Å²) in [6, 6.07) is 7.18. The maximum absolute atomic E-state index is 12.1. The minimum absolute atomic E-state index is 0.130. The van der Waals surface area contributed by atoms with E-state index in [1.807, 2.05) is 24.3 Å². The van der Waals surface area contributed by atoms with Gasteiger partial charge in [0.1, 0.15) is 11.9 Å². The Morgan fingerprint density at radius 3 is 2.68 bits per heavy atom. The molecule has 1 amide bonds. The highest BCUT2D eigenvalue weighted by atomic mass is 35.5. The number of nitrogens with one attached hydrogen (secondary N) is 1. The first kappa shape index (κ1) is 18.0. The Morgan fingerprint density at radius 1 is 1.32 bits per heavy atom. The van der Waals surface area contributed by atoms with Crippen molar-refractivity contribution in [2.75, 3.05) is 0 Å². The number of benzene rings is 1. The van der Waals surface area contributed by atoms with E-state index < -0.39 is 0 Å². The molecule has 0 radical (unpaired) electrons. The van der Waals surface area contributed by atoms with Crippen molar-refractivity contribution in [3.05, 3.63) is 51.5 Å². The summed E-state index contributed by atoms with van der Waals surface area (Å²) in [5.74, 6) is 0.722. The third-order valence-corrected chi connectivity index (χ3v) is 4.79. The molecule has 1 aromatic carbocycles. The van der Waals surface area contributed by atoms with Gasteiger partial charge in [0.15, 0.2) is 5.15 Å². The van der Waals surface area contributed by atoms with Crippen LogP contribution in [0.5, 0.6) is 0 Å². The Kier molecular flexibility index (Phi) is 5.45. The van der Waals surface area contributed by atoms with Crippen molar-refractivity contribution in [1.82, 2.24) is 15.0 Å². The van der Waals surface area contributed by atoms with Gasteiger partial charge >= 0.3 is 0 Å². The fourth-order valence-electron chi connectivity index (χ4n) is 2.94. The molecule has 7 heteroatoms. The number of H-pyrrole nitrogens is 1. The molecule has 0 bridgehead atoms. The molecule has 0 spiro atoms. The van der Waals surface area contributed by atoms with Crippen molar-refractivity contribution >= 4 is 34.8 Å². The zero-order valence-electron chi connectivity index (χ0n) is 14.2. The lowest BCUT2D eigenvalue weighted by molar-refractivity contribution is -0.130. The van der Waals surface area contributed by atoms with E-state index in [1.165, 1.54) is 11.9 Å². The molecule has 1 aromatic heterocycles. The SMILES string of the molecule is CCCCc1nc(Cl)c(C2CC(c3ccc(Cl)cc3)=NN2C(C)=O)[nH]1. The molecule has 1 unspecified atom stereocenters. The van der Waals surface area contributed by atoms with E-state index in [0.29, 0.717) is 16.6 Å². The molecule has 2 aromatic rings. The third kappa shape index (κ3) is 3.88. The number of hydrogen-bond donors (Lipinski definition) is 1. The quantitative estimate of drug-likeness (QED) is 0.815. The topological polar surface area (TPSA) is 61.4 Å². The van der Waals surface area contributed by atoms with E-state index in [-0.39, 0.29) is 11.9 Å². The van der Waals surface area contributed by atoms with E-state index in [4.69, 9.17) is 23.2 Å².